The number of hydrogen-bond donors (Lipinski definition) is 2. The Balaban J connectivity index is 1.63. The summed E-state index contributed by atoms with van der Waals surface area (Å²) in [5, 5.41) is 0. The summed E-state index contributed by atoms with van der Waals surface area (Å²) in [7, 11) is -2.00. The van der Waals surface area contributed by atoms with E-state index in [1.807, 2.05) is 90.2 Å². The number of benzene rings is 3. The molecular weight excluding hydrogens is 485 g/mol. The number of amides is 1. The van der Waals surface area contributed by atoms with E-state index in [1.54, 1.807) is 0 Å². The number of fused-ring (bicyclic) bond motifs is 1. The lowest BCUT2D eigenvalue weighted by molar-refractivity contribution is 0.0983. The highest BCUT2D eigenvalue weighted by atomic mass is 31.2. The molecule has 8 heteroatoms. The number of hydrogen-bond acceptors (Lipinski definition) is 3. The van der Waals surface area contributed by atoms with Crippen molar-refractivity contribution < 1.29 is 19.1 Å². The van der Waals surface area contributed by atoms with Crippen molar-refractivity contribution in [2.24, 2.45) is 13.0 Å². The van der Waals surface area contributed by atoms with E-state index in [0.717, 1.165) is 39.2 Å². The van der Waals surface area contributed by atoms with Gasteiger partial charge in [-0.15, -0.1) is 0 Å². The van der Waals surface area contributed by atoms with Gasteiger partial charge < -0.3 is 19.3 Å². The number of carbonyl (C=O) groups excluding carboxylic acids is 1. The molecule has 1 amide bonds. The molecule has 1 heterocycles. The normalized spacial score (nSPS) is 11.9. The van der Waals surface area contributed by atoms with Gasteiger partial charge in [-0.2, -0.15) is 0 Å². The number of nitrogens with zero attached hydrogens (tertiary/aromatic N) is 3. The Morgan fingerprint density at radius 1 is 1.05 bits per heavy atom. The molecule has 0 radical (unpaired) electrons. The van der Waals surface area contributed by atoms with E-state index in [4.69, 9.17) is 14.8 Å². The molecule has 37 heavy (non-hydrogen) atoms. The maximum absolute atomic E-state index is 13.7. The third-order valence-corrected chi connectivity index (χ3v) is 7.34. The first kappa shape index (κ1) is 26.8. The molecule has 0 aliphatic rings. The van der Waals surface area contributed by atoms with E-state index < -0.39 is 7.60 Å². The lowest BCUT2D eigenvalue weighted by Gasteiger charge is -2.25. The summed E-state index contributed by atoms with van der Waals surface area (Å²) < 4.78 is 13.1. The molecule has 4 rings (SSSR count). The van der Waals surface area contributed by atoms with E-state index >= 15 is 0 Å². The van der Waals surface area contributed by atoms with Gasteiger partial charge in [-0.05, 0) is 61.1 Å². The smallest absolute Gasteiger partial charge is 0.325 e. The fourth-order valence-corrected chi connectivity index (χ4v) is 5.14. The van der Waals surface area contributed by atoms with Gasteiger partial charge in [-0.3, -0.25) is 9.36 Å². The summed E-state index contributed by atoms with van der Waals surface area (Å²) in [5.74, 6) is 1.07. The quantitative estimate of drug-likeness (QED) is 0.266. The van der Waals surface area contributed by atoms with Crippen LogP contribution in [0.15, 0.2) is 66.7 Å². The molecule has 2 N–H and O–H groups in total. The largest absolute Gasteiger partial charge is 0.327 e. The SMILES string of the molecule is Cc1cc2c(cc1C(=O)N(CC(C)C)c1ccccc1)nc(-c1ccc(CCCP(=O)(O)O)cc1)n2C. The van der Waals surface area contributed by atoms with E-state index in [2.05, 4.69) is 13.8 Å². The van der Waals surface area contributed by atoms with E-state index in [0.29, 0.717) is 30.9 Å². The van der Waals surface area contributed by atoms with Crippen LogP contribution in [0, 0.1) is 12.8 Å². The van der Waals surface area contributed by atoms with Crippen molar-refractivity contribution in [3.63, 3.8) is 0 Å². The van der Waals surface area contributed by atoms with Gasteiger partial charge in [0.2, 0.25) is 0 Å². The molecule has 1 aromatic heterocycles. The highest BCUT2D eigenvalue weighted by Gasteiger charge is 2.22. The number of rotatable bonds is 9. The molecule has 0 aliphatic heterocycles. The number of para-hydroxylation sites is 1. The van der Waals surface area contributed by atoms with Crippen LogP contribution in [0.2, 0.25) is 0 Å². The second kappa shape index (κ2) is 11.0. The Bertz CT molecular complexity index is 1440. The lowest BCUT2D eigenvalue weighted by atomic mass is 10.0. The molecule has 0 atom stereocenters. The predicted molar refractivity (Wildman–Crippen MR) is 149 cm³/mol. The van der Waals surface area contributed by atoms with Crippen molar-refractivity contribution in [3.05, 3.63) is 83.4 Å². The number of anilines is 1. The zero-order valence-corrected chi connectivity index (χ0v) is 22.7. The average Bonchev–Trinajstić information content (AvgIpc) is 3.17. The minimum Gasteiger partial charge on any atom is -0.327 e. The van der Waals surface area contributed by atoms with Crippen molar-refractivity contribution in [1.29, 1.82) is 0 Å². The Labute approximate surface area is 217 Å². The second-order valence-corrected chi connectivity index (χ2v) is 11.8. The van der Waals surface area contributed by atoms with E-state index in [-0.39, 0.29) is 12.1 Å². The van der Waals surface area contributed by atoms with Crippen LogP contribution in [0.5, 0.6) is 0 Å². The van der Waals surface area contributed by atoms with Crippen LogP contribution in [-0.2, 0) is 18.0 Å². The maximum Gasteiger partial charge on any atom is 0.325 e. The molecule has 3 aromatic carbocycles. The average molecular weight is 520 g/mol. The molecule has 0 saturated heterocycles. The van der Waals surface area contributed by atoms with Gasteiger partial charge in [0, 0.05) is 30.4 Å². The Morgan fingerprint density at radius 3 is 2.35 bits per heavy atom. The number of carbonyl (C=O) groups is 1. The van der Waals surface area contributed by atoms with Crippen molar-refractivity contribution >= 4 is 30.2 Å². The van der Waals surface area contributed by atoms with Crippen LogP contribution in [0.25, 0.3) is 22.4 Å². The monoisotopic (exact) mass is 519 g/mol. The summed E-state index contributed by atoms with van der Waals surface area (Å²) in [5.41, 5.74) is 6.08. The van der Waals surface area contributed by atoms with Crippen molar-refractivity contribution in [2.45, 2.75) is 33.6 Å². The van der Waals surface area contributed by atoms with Gasteiger partial charge in [0.15, 0.2) is 0 Å². The highest BCUT2D eigenvalue weighted by Crippen LogP contribution is 2.35. The molecule has 7 nitrogen and oxygen atoms in total. The summed E-state index contributed by atoms with van der Waals surface area (Å²) >= 11 is 0. The first-order valence-electron chi connectivity index (χ1n) is 12.5. The van der Waals surface area contributed by atoms with Gasteiger partial charge in [-0.25, -0.2) is 4.98 Å². The third kappa shape index (κ3) is 6.37. The molecule has 0 aliphatic carbocycles. The van der Waals surface area contributed by atoms with E-state index in [9.17, 15) is 9.36 Å². The minimum atomic E-state index is -3.97. The van der Waals surface area contributed by atoms with Gasteiger partial charge in [0.25, 0.3) is 5.91 Å². The first-order chi connectivity index (χ1) is 17.5. The first-order valence-corrected chi connectivity index (χ1v) is 14.3. The lowest BCUT2D eigenvalue weighted by Crippen LogP contribution is -2.34. The van der Waals surface area contributed by atoms with Crippen LogP contribution < -0.4 is 4.90 Å². The molecule has 0 fully saturated rings. The zero-order valence-electron chi connectivity index (χ0n) is 21.8. The van der Waals surface area contributed by atoms with Gasteiger partial charge in [-0.1, -0.05) is 56.3 Å². The molecule has 0 spiro atoms. The number of aryl methyl sites for hydroxylation is 3. The number of aromatic nitrogens is 2. The predicted octanol–water partition coefficient (Wildman–Crippen LogP) is 5.96. The molecule has 0 saturated carbocycles. The molecule has 4 aromatic rings. The molecular formula is C29H34N3O4P. The molecule has 0 bridgehead atoms. The third-order valence-electron chi connectivity index (χ3n) is 6.45. The van der Waals surface area contributed by atoms with Crippen LogP contribution >= 0.6 is 7.60 Å². The Hall–Kier alpha value is -3.25. The summed E-state index contributed by atoms with van der Waals surface area (Å²) in [6.07, 6.45) is 0.925. The van der Waals surface area contributed by atoms with Crippen molar-refractivity contribution in [1.82, 2.24) is 9.55 Å². The molecule has 194 valence electrons. The highest BCUT2D eigenvalue weighted by molar-refractivity contribution is 7.51. The van der Waals surface area contributed by atoms with Crippen LogP contribution in [-0.4, -0.2) is 38.0 Å². The summed E-state index contributed by atoms with van der Waals surface area (Å²) in [6.45, 7) is 6.79. The zero-order chi connectivity index (χ0) is 26.7. The van der Waals surface area contributed by atoms with Gasteiger partial charge in [0.05, 0.1) is 17.2 Å². The second-order valence-electron chi connectivity index (χ2n) is 9.98. The van der Waals surface area contributed by atoms with Crippen molar-refractivity contribution in [2.75, 3.05) is 17.6 Å². The number of imidazole rings is 1. The standard InChI is InChI=1S/C29H34N3O4P/c1-20(2)19-32(24-10-6-5-7-11-24)29(33)25-18-26-27(17-21(25)3)31(4)28(30-26)23-14-12-22(13-15-23)9-8-16-37(34,35)36/h5-7,10-15,17-18,20H,8-9,16,19H2,1-4H3,(H2,34,35,36). The van der Waals surface area contributed by atoms with E-state index in [1.165, 1.54) is 0 Å². The Kier molecular flexibility index (Phi) is 7.98. The van der Waals surface area contributed by atoms with Gasteiger partial charge in [0.1, 0.15) is 5.82 Å². The maximum atomic E-state index is 13.7. The summed E-state index contributed by atoms with van der Waals surface area (Å²) in [4.78, 5) is 38.6. The molecule has 0 unspecified atom stereocenters. The van der Waals surface area contributed by atoms with Crippen LogP contribution in [0.1, 0.15) is 41.8 Å². The van der Waals surface area contributed by atoms with Crippen LogP contribution in [0.4, 0.5) is 5.69 Å². The Morgan fingerprint density at radius 2 is 1.73 bits per heavy atom. The topological polar surface area (TPSA) is 95.7 Å². The fourth-order valence-electron chi connectivity index (χ4n) is 4.56. The fraction of sp³-hybridized carbons (Fsp3) is 0.310. The van der Waals surface area contributed by atoms with Crippen LogP contribution in [0.3, 0.4) is 0 Å². The van der Waals surface area contributed by atoms with Crippen molar-refractivity contribution in [3.8, 4) is 11.4 Å². The minimum absolute atomic E-state index is 0.0360. The van der Waals surface area contributed by atoms with Gasteiger partial charge >= 0.3 is 7.60 Å². The summed E-state index contributed by atoms with van der Waals surface area (Å²) in [6, 6.07) is 21.6.